The summed E-state index contributed by atoms with van der Waals surface area (Å²) in [4.78, 5) is 25.6. The van der Waals surface area contributed by atoms with Crippen molar-refractivity contribution in [2.24, 2.45) is 0 Å². The van der Waals surface area contributed by atoms with Crippen molar-refractivity contribution in [1.82, 2.24) is 4.90 Å². The van der Waals surface area contributed by atoms with Crippen LogP contribution in [0.1, 0.15) is 39.0 Å². The highest BCUT2D eigenvalue weighted by atomic mass is 35.5. The van der Waals surface area contributed by atoms with Crippen LogP contribution in [0.5, 0.6) is 0 Å². The molecule has 2 rings (SSSR count). The number of benzene rings is 1. The van der Waals surface area contributed by atoms with Crippen LogP contribution < -0.4 is 5.32 Å². The van der Waals surface area contributed by atoms with Crippen molar-refractivity contribution in [1.29, 1.82) is 0 Å². The van der Waals surface area contributed by atoms with Crippen molar-refractivity contribution in [2.45, 2.75) is 39.0 Å². The van der Waals surface area contributed by atoms with Crippen LogP contribution in [0.4, 0.5) is 5.69 Å². The molecule has 0 radical (unpaired) electrons. The fourth-order valence-corrected chi connectivity index (χ4v) is 3.07. The molecule has 1 aromatic carbocycles. The summed E-state index contributed by atoms with van der Waals surface area (Å²) >= 11 is 12.0. The molecule has 1 aromatic rings. The van der Waals surface area contributed by atoms with Gasteiger partial charge in [-0.3, -0.25) is 9.59 Å². The standard InChI is InChI=1S/C18H22Cl2N2O2/c1-13(23)22(11-10-14-6-3-2-4-7-14)12-17(24)21-16-9-5-8-15(19)18(16)20/h5-6,8-9H,2-4,7,10-12H2,1H3,(H,21,24). The first-order valence-electron chi connectivity index (χ1n) is 8.14. The molecular weight excluding hydrogens is 347 g/mol. The summed E-state index contributed by atoms with van der Waals surface area (Å²) in [5.74, 6) is -0.397. The van der Waals surface area contributed by atoms with Gasteiger partial charge in [0.15, 0.2) is 0 Å². The molecule has 1 aliphatic rings. The fourth-order valence-electron chi connectivity index (χ4n) is 2.72. The maximum absolute atomic E-state index is 12.2. The molecule has 0 bridgehead atoms. The van der Waals surface area contributed by atoms with Gasteiger partial charge in [-0.05, 0) is 44.2 Å². The molecule has 0 spiro atoms. The molecule has 0 fully saturated rings. The normalized spacial score (nSPS) is 14.0. The number of anilines is 1. The highest BCUT2D eigenvalue weighted by Crippen LogP contribution is 2.29. The number of carbonyl (C=O) groups is 2. The molecule has 0 aromatic heterocycles. The Kier molecular flexibility index (Phi) is 7.13. The highest BCUT2D eigenvalue weighted by Gasteiger charge is 2.16. The molecule has 4 nitrogen and oxygen atoms in total. The van der Waals surface area contributed by atoms with Crippen LogP contribution in [0, 0.1) is 0 Å². The minimum atomic E-state index is -0.285. The second-order valence-electron chi connectivity index (χ2n) is 5.95. The van der Waals surface area contributed by atoms with Crippen LogP contribution in [-0.4, -0.2) is 29.8 Å². The van der Waals surface area contributed by atoms with Crippen LogP contribution in [0.15, 0.2) is 29.8 Å². The van der Waals surface area contributed by atoms with Gasteiger partial charge in [0, 0.05) is 13.5 Å². The molecule has 2 amide bonds. The molecular formula is C18H22Cl2N2O2. The van der Waals surface area contributed by atoms with Gasteiger partial charge in [-0.2, -0.15) is 0 Å². The lowest BCUT2D eigenvalue weighted by Gasteiger charge is -2.22. The zero-order valence-corrected chi connectivity index (χ0v) is 15.3. The minimum absolute atomic E-state index is 0.00541. The third-order valence-electron chi connectivity index (χ3n) is 4.09. The zero-order valence-electron chi connectivity index (χ0n) is 13.8. The van der Waals surface area contributed by atoms with Gasteiger partial charge in [-0.1, -0.05) is 40.9 Å². The van der Waals surface area contributed by atoms with Crippen molar-refractivity contribution in [3.8, 4) is 0 Å². The number of allylic oxidation sites excluding steroid dienone is 1. The van der Waals surface area contributed by atoms with E-state index in [4.69, 9.17) is 23.2 Å². The Morgan fingerprint density at radius 1 is 1.25 bits per heavy atom. The molecule has 0 heterocycles. The lowest BCUT2D eigenvalue weighted by molar-refractivity contribution is -0.132. The molecule has 0 atom stereocenters. The van der Waals surface area contributed by atoms with Gasteiger partial charge in [0.05, 0.1) is 22.3 Å². The van der Waals surface area contributed by atoms with E-state index >= 15 is 0 Å². The van der Waals surface area contributed by atoms with Gasteiger partial charge in [0.2, 0.25) is 11.8 Å². The molecule has 130 valence electrons. The Bertz CT molecular complexity index is 644. The third-order valence-corrected chi connectivity index (χ3v) is 4.91. The van der Waals surface area contributed by atoms with E-state index in [0.717, 1.165) is 19.3 Å². The Balaban J connectivity index is 1.91. The first kappa shape index (κ1) is 18.8. The van der Waals surface area contributed by atoms with Crippen LogP contribution in [0.25, 0.3) is 0 Å². The minimum Gasteiger partial charge on any atom is -0.333 e. The Labute approximate surface area is 152 Å². The number of amides is 2. The average molecular weight is 369 g/mol. The number of hydrogen-bond acceptors (Lipinski definition) is 2. The second-order valence-corrected chi connectivity index (χ2v) is 6.73. The first-order chi connectivity index (χ1) is 11.5. The van der Waals surface area contributed by atoms with Gasteiger partial charge in [-0.25, -0.2) is 0 Å². The summed E-state index contributed by atoms with van der Waals surface area (Å²) < 4.78 is 0. The number of rotatable bonds is 6. The maximum atomic E-state index is 12.2. The van der Waals surface area contributed by atoms with Crippen LogP contribution in [-0.2, 0) is 9.59 Å². The van der Waals surface area contributed by atoms with E-state index in [1.807, 2.05) is 0 Å². The topological polar surface area (TPSA) is 49.4 Å². The second kappa shape index (κ2) is 9.09. The van der Waals surface area contributed by atoms with Crippen molar-refractivity contribution in [3.63, 3.8) is 0 Å². The summed E-state index contributed by atoms with van der Waals surface area (Å²) in [6.07, 6.45) is 7.74. The smallest absolute Gasteiger partial charge is 0.244 e. The summed E-state index contributed by atoms with van der Waals surface area (Å²) in [6.45, 7) is 2.04. The lowest BCUT2D eigenvalue weighted by atomic mass is 9.97. The molecule has 24 heavy (non-hydrogen) atoms. The average Bonchev–Trinajstić information content (AvgIpc) is 2.56. The number of carbonyl (C=O) groups excluding carboxylic acids is 2. The van der Waals surface area contributed by atoms with Gasteiger partial charge < -0.3 is 10.2 Å². The largest absolute Gasteiger partial charge is 0.333 e. The predicted octanol–water partition coefficient (Wildman–Crippen LogP) is 4.67. The van der Waals surface area contributed by atoms with Gasteiger partial charge in [0.25, 0.3) is 0 Å². The predicted molar refractivity (Wildman–Crippen MR) is 98.5 cm³/mol. The molecule has 1 aliphatic carbocycles. The van der Waals surface area contributed by atoms with Crippen molar-refractivity contribution < 1.29 is 9.59 Å². The summed E-state index contributed by atoms with van der Waals surface area (Å²) in [5.41, 5.74) is 1.83. The van der Waals surface area contributed by atoms with Crippen LogP contribution in [0.2, 0.25) is 10.0 Å². The summed E-state index contributed by atoms with van der Waals surface area (Å²) in [6, 6.07) is 5.04. The van der Waals surface area contributed by atoms with E-state index in [-0.39, 0.29) is 18.4 Å². The molecule has 0 saturated carbocycles. The third kappa shape index (κ3) is 5.53. The Hall–Kier alpha value is -1.52. The molecule has 0 saturated heterocycles. The molecule has 6 heteroatoms. The van der Waals surface area contributed by atoms with E-state index in [9.17, 15) is 9.59 Å². The first-order valence-corrected chi connectivity index (χ1v) is 8.90. The number of hydrogen-bond donors (Lipinski definition) is 1. The van der Waals surface area contributed by atoms with Gasteiger partial charge in [-0.15, -0.1) is 0 Å². The van der Waals surface area contributed by atoms with Crippen molar-refractivity contribution in [2.75, 3.05) is 18.4 Å². The lowest BCUT2D eigenvalue weighted by Crippen LogP contribution is -2.37. The van der Waals surface area contributed by atoms with Crippen molar-refractivity contribution in [3.05, 3.63) is 39.9 Å². The number of nitrogens with zero attached hydrogens (tertiary/aromatic N) is 1. The molecule has 1 N–H and O–H groups in total. The Morgan fingerprint density at radius 2 is 2.04 bits per heavy atom. The monoisotopic (exact) mass is 368 g/mol. The summed E-state index contributed by atoms with van der Waals surface area (Å²) in [5, 5.41) is 3.39. The molecule has 0 aliphatic heterocycles. The van der Waals surface area contributed by atoms with E-state index in [0.29, 0.717) is 22.3 Å². The number of nitrogens with one attached hydrogen (secondary N) is 1. The maximum Gasteiger partial charge on any atom is 0.244 e. The van der Waals surface area contributed by atoms with Crippen molar-refractivity contribution >= 4 is 40.7 Å². The van der Waals surface area contributed by atoms with Crippen LogP contribution in [0.3, 0.4) is 0 Å². The van der Waals surface area contributed by atoms with E-state index < -0.39 is 0 Å². The summed E-state index contributed by atoms with van der Waals surface area (Å²) in [7, 11) is 0. The SMILES string of the molecule is CC(=O)N(CCC1=CCCCC1)CC(=O)Nc1cccc(Cl)c1Cl. The van der Waals surface area contributed by atoms with Gasteiger partial charge >= 0.3 is 0 Å². The quantitative estimate of drug-likeness (QED) is 0.741. The van der Waals surface area contributed by atoms with E-state index in [1.54, 1.807) is 23.1 Å². The number of halogens is 2. The molecule has 0 unspecified atom stereocenters. The Morgan fingerprint density at radius 3 is 2.71 bits per heavy atom. The van der Waals surface area contributed by atoms with Crippen LogP contribution >= 0.6 is 23.2 Å². The van der Waals surface area contributed by atoms with E-state index in [1.165, 1.54) is 25.3 Å². The highest BCUT2D eigenvalue weighted by molar-refractivity contribution is 6.44. The zero-order chi connectivity index (χ0) is 17.5. The van der Waals surface area contributed by atoms with E-state index in [2.05, 4.69) is 11.4 Å². The fraction of sp³-hybridized carbons (Fsp3) is 0.444. The van der Waals surface area contributed by atoms with Gasteiger partial charge in [0.1, 0.15) is 0 Å².